The van der Waals surface area contributed by atoms with Gasteiger partial charge in [0.25, 0.3) is 0 Å². The maximum absolute atomic E-state index is 12.8. The van der Waals surface area contributed by atoms with Gasteiger partial charge in [0.2, 0.25) is 5.91 Å². The zero-order valence-electron chi connectivity index (χ0n) is 17.7. The van der Waals surface area contributed by atoms with E-state index in [-0.39, 0.29) is 24.4 Å². The quantitative estimate of drug-likeness (QED) is 0.755. The normalized spacial score (nSPS) is 15.7. The molecule has 8 nitrogen and oxygen atoms in total. The van der Waals surface area contributed by atoms with Crippen LogP contribution >= 0.6 is 0 Å². The molecule has 1 saturated heterocycles. The molecule has 0 bridgehead atoms. The van der Waals surface area contributed by atoms with Crippen molar-refractivity contribution in [3.05, 3.63) is 42.5 Å². The predicted octanol–water partition coefficient (Wildman–Crippen LogP) is 3.05. The lowest BCUT2D eigenvalue weighted by molar-refractivity contribution is -0.117. The molecule has 1 aliphatic rings. The van der Waals surface area contributed by atoms with Crippen LogP contribution in [-0.4, -0.2) is 52.4 Å². The summed E-state index contributed by atoms with van der Waals surface area (Å²) < 4.78 is 15.7. The number of hydrogen-bond donors (Lipinski definition) is 1. The van der Waals surface area contributed by atoms with E-state index in [2.05, 4.69) is 5.32 Å². The first-order chi connectivity index (χ1) is 14.5. The molecule has 0 radical (unpaired) electrons. The van der Waals surface area contributed by atoms with Crippen LogP contribution in [0.2, 0.25) is 0 Å². The highest BCUT2D eigenvalue weighted by Crippen LogP contribution is 2.33. The van der Waals surface area contributed by atoms with Crippen LogP contribution in [0.4, 0.5) is 16.2 Å². The average Bonchev–Trinajstić information content (AvgIpc) is 3.13. The predicted molar refractivity (Wildman–Crippen MR) is 115 cm³/mol. The molecule has 1 aliphatic heterocycles. The van der Waals surface area contributed by atoms with Crippen LogP contribution < -0.4 is 29.3 Å². The molecule has 160 valence electrons. The van der Waals surface area contributed by atoms with Crippen LogP contribution in [-0.2, 0) is 4.79 Å². The number of nitrogens with one attached hydrogen (secondary N) is 1. The monoisotopic (exact) mass is 413 g/mol. The fraction of sp³-hybridized carbons (Fsp3) is 0.364. The Bertz CT molecular complexity index is 900. The zero-order valence-corrected chi connectivity index (χ0v) is 17.7. The van der Waals surface area contributed by atoms with Crippen molar-refractivity contribution < 1.29 is 23.8 Å². The summed E-state index contributed by atoms with van der Waals surface area (Å²) in [5.41, 5.74) is 1.47. The van der Waals surface area contributed by atoms with Crippen molar-refractivity contribution in [2.45, 2.75) is 19.4 Å². The minimum atomic E-state index is -0.287. The summed E-state index contributed by atoms with van der Waals surface area (Å²) in [7, 11) is 4.71. The Hall–Kier alpha value is -3.42. The summed E-state index contributed by atoms with van der Waals surface area (Å²) in [4.78, 5) is 28.7. The number of methoxy groups -OCH3 is 3. The SMILES string of the molecule is CCN(C(=O)N[C@@H]1CC(=O)N(c2ccc(OC)c(OC)c2)C1)c1ccc(OC)cc1. The van der Waals surface area contributed by atoms with E-state index >= 15 is 0 Å². The van der Waals surface area contributed by atoms with Gasteiger partial charge in [-0.25, -0.2) is 4.79 Å². The maximum Gasteiger partial charge on any atom is 0.322 e. The molecule has 8 heteroatoms. The van der Waals surface area contributed by atoms with E-state index in [1.165, 1.54) is 0 Å². The number of carbonyl (C=O) groups excluding carboxylic acids is 2. The molecule has 0 aliphatic carbocycles. The number of ether oxygens (including phenoxy) is 3. The lowest BCUT2D eigenvalue weighted by atomic mass is 10.2. The Kier molecular flexibility index (Phi) is 6.66. The van der Waals surface area contributed by atoms with Crippen LogP contribution in [0.5, 0.6) is 17.2 Å². The number of amides is 3. The van der Waals surface area contributed by atoms with E-state index in [4.69, 9.17) is 14.2 Å². The molecule has 0 spiro atoms. The minimum absolute atomic E-state index is 0.0555. The van der Waals surface area contributed by atoms with Gasteiger partial charge in [0.05, 0.1) is 27.4 Å². The summed E-state index contributed by atoms with van der Waals surface area (Å²) in [6.45, 7) is 2.79. The Labute approximate surface area is 176 Å². The highest BCUT2D eigenvalue weighted by Gasteiger charge is 2.33. The van der Waals surface area contributed by atoms with Gasteiger partial charge in [-0.3, -0.25) is 9.69 Å². The number of urea groups is 1. The summed E-state index contributed by atoms with van der Waals surface area (Å²) in [6.07, 6.45) is 0.236. The third kappa shape index (κ3) is 4.42. The Balaban J connectivity index is 1.69. The topological polar surface area (TPSA) is 80.3 Å². The number of carbonyl (C=O) groups is 2. The van der Waals surface area contributed by atoms with Crippen LogP contribution in [0.3, 0.4) is 0 Å². The number of nitrogens with zero attached hydrogens (tertiary/aromatic N) is 2. The molecule has 0 unspecified atom stereocenters. The standard InChI is InChI=1S/C22H27N3O5/c1-5-24(16-6-9-18(28-2)10-7-16)22(27)23-15-12-21(26)25(14-15)17-8-11-19(29-3)20(13-17)30-4/h6-11,13,15H,5,12,14H2,1-4H3,(H,23,27)/t15-/m1/s1. The van der Waals surface area contributed by atoms with Gasteiger partial charge < -0.3 is 24.4 Å². The number of benzene rings is 2. The average molecular weight is 413 g/mol. The van der Waals surface area contributed by atoms with Gasteiger partial charge in [-0.05, 0) is 43.3 Å². The molecular formula is C22H27N3O5. The van der Waals surface area contributed by atoms with Crippen molar-refractivity contribution in [3.8, 4) is 17.2 Å². The van der Waals surface area contributed by atoms with E-state index in [1.54, 1.807) is 49.3 Å². The number of rotatable bonds is 7. The molecule has 1 atom stereocenters. The second kappa shape index (κ2) is 9.39. The van der Waals surface area contributed by atoms with E-state index in [0.29, 0.717) is 30.3 Å². The number of anilines is 2. The van der Waals surface area contributed by atoms with Crippen molar-refractivity contribution in [2.24, 2.45) is 0 Å². The summed E-state index contributed by atoms with van der Waals surface area (Å²) in [5, 5.41) is 2.98. The molecular weight excluding hydrogens is 386 g/mol. The third-order valence-electron chi connectivity index (χ3n) is 5.08. The second-order valence-corrected chi connectivity index (χ2v) is 6.84. The van der Waals surface area contributed by atoms with Crippen LogP contribution in [0, 0.1) is 0 Å². The van der Waals surface area contributed by atoms with E-state index in [9.17, 15) is 9.59 Å². The molecule has 3 rings (SSSR count). The summed E-state index contributed by atoms with van der Waals surface area (Å²) >= 11 is 0. The minimum Gasteiger partial charge on any atom is -0.497 e. The first kappa shape index (κ1) is 21.3. The first-order valence-electron chi connectivity index (χ1n) is 9.75. The highest BCUT2D eigenvalue weighted by atomic mass is 16.5. The van der Waals surface area contributed by atoms with Crippen LogP contribution in [0.25, 0.3) is 0 Å². The zero-order chi connectivity index (χ0) is 21.7. The van der Waals surface area contributed by atoms with Gasteiger partial charge in [-0.15, -0.1) is 0 Å². The van der Waals surface area contributed by atoms with E-state index < -0.39 is 0 Å². The fourth-order valence-electron chi connectivity index (χ4n) is 3.50. The van der Waals surface area contributed by atoms with E-state index in [1.807, 2.05) is 31.2 Å². The largest absolute Gasteiger partial charge is 0.497 e. The summed E-state index contributed by atoms with van der Waals surface area (Å²) in [6, 6.07) is 12.1. The van der Waals surface area contributed by atoms with Crippen molar-refractivity contribution in [1.82, 2.24) is 5.32 Å². The Morgan fingerprint density at radius 3 is 2.37 bits per heavy atom. The van der Waals surface area contributed by atoms with Crippen LogP contribution in [0.1, 0.15) is 13.3 Å². The first-order valence-corrected chi connectivity index (χ1v) is 9.75. The van der Waals surface area contributed by atoms with Crippen molar-refractivity contribution >= 4 is 23.3 Å². The van der Waals surface area contributed by atoms with Gasteiger partial charge >= 0.3 is 6.03 Å². The smallest absolute Gasteiger partial charge is 0.322 e. The molecule has 1 N–H and O–H groups in total. The molecule has 2 aromatic rings. The number of hydrogen-bond acceptors (Lipinski definition) is 5. The van der Waals surface area contributed by atoms with Crippen molar-refractivity contribution in [3.63, 3.8) is 0 Å². The molecule has 1 fully saturated rings. The molecule has 30 heavy (non-hydrogen) atoms. The lowest BCUT2D eigenvalue weighted by Crippen LogP contribution is -2.46. The lowest BCUT2D eigenvalue weighted by Gasteiger charge is -2.24. The van der Waals surface area contributed by atoms with Gasteiger partial charge in [-0.2, -0.15) is 0 Å². The van der Waals surface area contributed by atoms with Crippen molar-refractivity contribution in [1.29, 1.82) is 0 Å². The second-order valence-electron chi connectivity index (χ2n) is 6.84. The highest BCUT2D eigenvalue weighted by molar-refractivity contribution is 5.98. The molecule has 0 saturated carbocycles. The fourth-order valence-corrected chi connectivity index (χ4v) is 3.50. The summed E-state index contributed by atoms with van der Waals surface area (Å²) in [5.74, 6) is 1.81. The van der Waals surface area contributed by atoms with Crippen molar-refractivity contribution in [2.75, 3.05) is 44.2 Å². The third-order valence-corrected chi connectivity index (χ3v) is 5.08. The maximum atomic E-state index is 12.8. The van der Waals surface area contributed by atoms with Gasteiger partial charge in [0.1, 0.15) is 5.75 Å². The van der Waals surface area contributed by atoms with Gasteiger partial charge in [0.15, 0.2) is 11.5 Å². The molecule has 3 amide bonds. The molecule has 2 aromatic carbocycles. The Morgan fingerprint density at radius 2 is 1.77 bits per heavy atom. The van der Waals surface area contributed by atoms with Gasteiger partial charge in [-0.1, -0.05) is 0 Å². The molecule has 1 heterocycles. The Morgan fingerprint density at radius 1 is 1.07 bits per heavy atom. The van der Waals surface area contributed by atoms with Gasteiger partial charge in [0, 0.05) is 37.0 Å². The van der Waals surface area contributed by atoms with Crippen LogP contribution in [0.15, 0.2) is 42.5 Å². The van der Waals surface area contributed by atoms with E-state index in [0.717, 1.165) is 11.4 Å². The molecule has 0 aromatic heterocycles.